The average molecular weight is 924 g/mol. The Morgan fingerprint density at radius 2 is 0.704 bits per heavy atom. The molecule has 2 heterocycles. The molecule has 0 radical (unpaired) electrons. The van der Waals surface area contributed by atoms with E-state index < -0.39 is 8.07 Å². The molecule has 0 fully saturated rings. The topological polar surface area (TPSA) is 42.2 Å². The molecule has 0 spiro atoms. The van der Waals surface area contributed by atoms with Crippen molar-refractivity contribution in [3.8, 4) is 33.4 Å². The minimum Gasteiger partial charge on any atom is -0.455 e. The van der Waals surface area contributed by atoms with Crippen molar-refractivity contribution in [1.82, 2.24) is 9.97 Å². The summed E-state index contributed by atoms with van der Waals surface area (Å²) in [7, 11) is -2.64. The van der Waals surface area contributed by atoms with E-state index in [1.807, 2.05) is 36.4 Å². The number of para-hydroxylation sites is 4. The van der Waals surface area contributed by atoms with Crippen LogP contribution >= 0.6 is 0 Å². The molecular formula is C66H45N3OSi. The Morgan fingerprint density at radius 1 is 0.296 bits per heavy atom. The van der Waals surface area contributed by atoms with Crippen molar-refractivity contribution >= 4 is 89.9 Å². The molecule has 0 saturated carbocycles. The first-order valence-corrected chi connectivity index (χ1v) is 26.1. The average Bonchev–Trinajstić information content (AvgIpc) is 3.84. The van der Waals surface area contributed by atoms with Crippen molar-refractivity contribution in [3.05, 3.63) is 273 Å². The molecule has 71 heavy (non-hydrogen) atoms. The largest absolute Gasteiger partial charge is 0.455 e. The molecule has 0 saturated heterocycles. The fourth-order valence-electron chi connectivity index (χ4n) is 10.6. The highest BCUT2D eigenvalue weighted by Crippen LogP contribution is 2.40. The van der Waals surface area contributed by atoms with Crippen molar-refractivity contribution in [2.45, 2.75) is 0 Å². The van der Waals surface area contributed by atoms with Crippen LogP contribution in [0.1, 0.15) is 0 Å². The summed E-state index contributed by atoms with van der Waals surface area (Å²) in [6.45, 7) is 0. The van der Waals surface area contributed by atoms with Gasteiger partial charge in [0, 0.05) is 33.4 Å². The summed E-state index contributed by atoms with van der Waals surface area (Å²) in [4.78, 5) is 12.2. The van der Waals surface area contributed by atoms with Gasteiger partial charge in [-0.05, 0) is 115 Å². The number of nitrogens with zero attached hydrogens (tertiary/aromatic N) is 3. The SMILES string of the molecule is c1ccc([Si](c2ccccc2)(c2ccccc2)c2ccc(-c3ccc(N(c4ccc(-c5ccc6nc7ccccc7nc6c5)cc4)c4ccc(-c5cccc6c5oc5ccccc56)cc4)cc3)cc2)cc1. The highest BCUT2D eigenvalue weighted by Gasteiger charge is 2.41. The molecule has 0 N–H and O–H groups in total. The Labute approximate surface area is 413 Å². The Morgan fingerprint density at radius 3 is 1.27 bits per heavy atom. The van der Waals surface area contributed by atoms with Crippen LogP contribution in [0.5, 0.6) is 0 Å². The van der Waals surface area contributed by atoms with E-state index in [1.165, 1.54) is 26.3 Å². The van der Waals surface area contributed by atoms with Crippen LogP contribution in [0.15, 0.2) is 277 Å². The molecule has 5 heteroatoms. The first kappa shape index (κ1) is 42.0. The maximum atomic E-state index is 6.46. The zero-order chi connectivity index (χ0) is 47.1. The fraction of sp³-hybridized carbons (Fsp3) is 0. The standard InChI is InChI=1S/C66H45N3OSi/c1-4-15-54(16-5-1)71(55-17-6-2-7-18-55,56-19-8-3-9-20-56)57-42-33-47(34-43-57)46-27-36-51(37-28-46)69(53-40-31-49(32-41-53)58-22-14-23-60-59-21-10-13-26-65(59)70-66(58)60)52-38-29-48(30-39-52)50-35-44-63-64(45-50)68-62-25-12-11-24-61(62)67-63/h1-45H. The summed E-state index contributed by atoms with van der Waals surface area (Å²) in [5, 5.41) is 7.69. The van der Waals surface area contributed by atoms with Gasteiger partial charge in [0.25, 0.3) is 0 Å². The van der Waals surface area contributed by atoms with Gasteiger partial charge in [-0.2, -0.15) is 0 Å². The Balaban J connectivity index is 0.870. The van der Waals surface area contributed by atoms with Gasteiger partial charge < -0.3 is 9.32 Å². The van der Waals surface area contributed by atoms with E-state index in [-0.39, 0.29) is 0 Å². The molecule has 4 nitrogen and oxygen atoms in total. The molecule has 0 atom stereocenters. The van der Waals surface area contributed by atoms with Crippen LogP contribution in [0.4, 0.5) is 17.1 Å². The monoisotopic (exact) mass is 923 g/mol. The van der Waals surface area contributed by atoms with Gasteiger partial charge in [0.15, 0.2) is 8.07 Å². The van der Waals surface area contributed by atoms with E-state index in [0.717, 1.165) is 88.9 Å². The normalized spacial score (nSPS) is 11.7. The van der Waals surface area contributed by atoms with Crippen LogP contribution in [0.3, 0.4) is 0 Å². The molecular weight excluding hydrogens is 879 g/mol. The molecule has 0 aliphatic heterocycles. The Hall–Kier alpha value is -9.16. The van der Waals surface area contributed by atoms with E-state index in [0.29, 0.717) is 0 Å². The molecule has 0 aliphatic rings. The van der Waals surface area contributed by atoms with Gasteiger partial charge in [0.2, 0.25) is 0 Å². The van der Waals surface area contributed by atoms with Gasteiger partial charge in [-0.3, -0.25) is 0 Å². The third-order valence-corrected chi connectivity index (χ3v) is 18.8. The molecule has 11 aromatic carbocycles. The van der Waals surface area contributed by atoms with Gasteiger partial charge in [-0.15, -0.1) is 0 Å². The lowest BCUT2D eigenvalue weighted by atomic mass is 10.0. The molecule has 334 valence electrons. The molecule has 13 rings (SSSR count). The number of furan rings is 1. The highest BCUT2D eigenvalue weighted by molar-refractivity contribution is 7.19. The first-order valence-electron chi connectivity index (χ1n) is 24.1. The number of anilines is 3. The molecule has 0 aliphatic carbocycles. The number of hydrogen-bond acceptors (Lipinski definition) is 4. The second-order valence-electron chi connectivity index (χ2n) is 18.1. The maximum Gasteiger partial charge on any atom is 0.179 e. The van der Waals surface area contributed by atoms with Crippen LogP contribution in [-0.2, 0) is 0 Å². The summed E-state index contributed by atoms with van der Waals surface area (Å²) in [5.74, 6) is 0. The second-order valence-corrected chi connectivity index (χ2v) is 21.9. The number of rotatable bonds is 10. The van der Waals surface area contributed by atoms with Crippen LogP contribution < -0.4 is 25.6 Å². The lowest BCUT2D eigenvalue weighted by Gasteiger charge is -2.34. The van der Waals surface area contributed by atoms with Gasteiger partial charge >= 0.3 is 0 Å². The van der Waals surface area contributed by atoms with E-state index in [2.05, 4.69) is 241 Å². The van der Waals surface area contributed by atoms with Crippen molar-refractivity contribution in [3.63, 3.8) is 0 Å². The molecule has 2 aromatic heterocycles. The van der Waals surface area contributed by atoms with Crippen molar-refractivity contribution in [2.24, 2.45) is 0 Å². The van der Waals surface area contributed by atoms with Gasteiger partial charge in [0.05, 0.1) is 22.1 Å². The maximum absolute atomic E-state index is 6.46. The van der Waals surface area contributed by atoms with Crippen LogP contribution in [0, 0.1) is 0 Å². The van der Waals surface area contributed by atoms with E-state index in [4.69, 9.17) is 14.4 Å². The van der Waals surface area contributed by atoms with Crippen molar-refractivity contribution in [2.75, 3.05) is 4.90 Å². The molecule has 13 aromatic rings. The predicted molar refractivity (Wildman–Crippen MR) is 299 cm³/mol. The van der Waals surface area contributed by atoms with Crippen LogP contribution in [-0.4, -0.2) is 18.0 Å². The third kappa shape index (κ3) is 7.48. The number of benzene rings is 11. The van der Waals surface area contributed by atoms with Crippen molar-refractivity contribution in [1.29, 1.82) is 0 Å². The van der Waals surface area contributed by atoms with Crippen LogP contribution in [0.25, 0.3) is 77.4 Å². The van der Waals surface area contributed by atoms with E-state index in [9.17, 15) is 0 Å². The lowest BCUT2D eigenvalue weighted by Crippen LogP contribution is -2.74. The third-order valence-electron chi connectivity index (χ3n) is 14.0. The number of hydrogen-bond donors (Lipinski definition) is 0. The molecule has 0 bridgehead atoms. The Bertz CT molecular complexity index is 3910. The minimum absolute atomic E-state index is 0.880. The van der Waals surface area contributed by atoms with E-state index in [1.54, 1.807) is 0 Å². The number of fused-ring (bicyclic) bond motifs is 5. The smallest absolute Gasteiger partial charge is 0.179 e. The Kier molecular flexibility index (Phi) is 10.5. The minimum atomic E-state index is -2.64. The molecule has 0 amide bonds. The first-order chi connectivity index (χ1) is 35.2. The fourth-order valence-corrected chi connectivity index (χ4v) is 15.3. The van der Waals surface area contributed by atoms with Crippen molar-refractivity contribution < 1.29 is 4.42 Å². The zero-order valence-corrected chi connectivity index (χ0v) is 39.7. The zero-order valence-electron chi connectivity index (χ0n) is 38.7. The summed E-state index contributed by atoms with van der Waals surface area (Å²) in [6, 6.07) is 98.3. The molecule has 0 unspecified atom stereocenters. The van der Waals surface area contributed by atoms with Gasteiger partial charge in [-0.25, -0.2) is 9.97 Å². The highest BCUT2D eigenvalue weighted by atomic mass is 28.3. The summed E-state index contributed by atoms with van der Waals surface area (Å²) >= 11 is 0. The summed E-state index contributed by atoms with van der Waals surface area (Å²) in [5.41, 5.74) is 15.2. The summed E-state index contributed by atoms with van der Waals surface area (Å²) < 4.78 is 6.46. The second kappa shape index (κ2) is 17.7. The van der Waals surface area contributed by atoms with Gasteiger partial charge in [0.1, 0.15) is 11.2 Å². The van der Waals surface area contributed by atoms with Gasteiger partial charge in [-0.1, -0.05) is 206 Å². The number of aromatic nitrogens is 2. The summed E-state index contributed by atoms with van der Waals surface area (Å²) in [6.07, 6.45) is 0. The van der Waals surface area contributed by atoms with E-state index >= 15 is 0 Å². The van der Waals surface area contributed by atoms with Crippen LogP contribution in [0.2, 0.25) is 0 Å². The lowest BCUT2D eigenvalue weighted by molar-refractivity contribution is 0.670. The predicted octanol–water partition coefficient (Wildman–Crippen LogP) is 14.5. The quantitative estimate of drug-likeness (QED) is 0.0779.